The molecule has 0 bridgehead atoms. The molecule has 2 N–H and O–H groups in total. The van der Waals surface area contributed by atoms with Crippen LogP contribution >= 0.6 is 0 Å². The lowest BCUT2D eigenvalue weighted by atomic mass is 9.93. The molecule has 1 aromatic rings. The van der Waals surface area contributed by atoms with Crippen LogP contribution in [0.5, 0.6) is 0 Å². The molecule has 1 aliphatic carbocycles. The van der Waals surface area contributed by atoms with Gasteiger partial charge < -0.3 is 5.32 Å². The molecule has 0 saturated carbocycles. The maximum Gasteiger partial charge on any atom is 0.223 e. The second-order valence-corrected chi connectivity index (χ2v) is 8.25. The van der Waals surface area contributed by atoms with Crippen molar-refractivity contribution in [1.82, 2.24) is 10.0 Å². The Morgan fingerprint density at radius 2 is 1.92 bits per heavy atom. The molecule has 5 nitrogen and oxygen atoms in total. The number of rotatable bonds is 7. The van der Waals surface area contributed by atoms with Crippen molar-refractivity contribution in [1.29, 1.82) is 0 Å². The van der Waals surface area contributed by atoms with E-state index in [0.29, 0.717) is 6.54 Å². The highest BCUT2D eigenvalue weighted by Gasteiger charge is 2.19. The fourth-order valence-corrected chi connectivity index (χ4v) is 4.33. The fraction of sp³-hybridized carbons (Fsp3) is 0.500. The largest absolute Gasteiger partial charge is 0.352 e. The highest BCUT2D eigenvalue weighted by Crippen LogP contribution is 2.19. The molecule has 1 unspecified atom stereocenters. The SMILES string of the molecule is CC(C)NS(=O)(=O)Cc1ccccc1CNC(=O)C1CC=CCC1. The van der Waals surface area contributed by atoms with Crippen molar-refractivity contribution in [2.45, 2.75) is 51.4 Å². The monoisotopic (exact) mass is 350 g/mol. The molecule has 6 heteroatoms. The fourth-order valence-electron chi connectivity index (χ4n) is 2.83. The Kier molecular flexibility index (Phi) is 6.57. The predicted octanol–water partition coefficient (Wildman–Crippen LogP) is 2.49. The predicted molar refractivity (Wildman–Crippen MR) is 95.7 cm³/mol. The molecule has 1 atom stereocenters. The zero-order chi connectivity index (χ0) is 17.6. The van der Waals surface area contributed by atoms with Crippen LogP contribution in [0.15, 0.2) is 36.4 Å². The van der Waals surface area contributed by atoms with Gasteiger partial charge in [-0.1, -0.05) is 36.4 Å². The molecular formula is C18H26N2O3S. The van der Waals surface area contributed by atoms with Gasteiger partial charge in [-0.3, -0.25) is 4.79 Å². The van der Waals surface area contributed by atoms with E-state index in [4.69, 9.17) is 0 Å². The molecule has 0 fully saturated rings. The zero-order valence-electron chi connectivity index (χ0n) is 14.3. The summed E-state index contributed by atoms with van der Waals surface area (Å²) in [5.41, 5.74) is 1.56. The van der Waals surface area contributed by atoms with Gasteiger partial charge in [-0.05, 0) is 44.2 Å². The summed E-state index contributed by atoms with van der Waals surface area (Å²) in [6.45, 7) is 3.94. The van der Waals surface area contributed by atoms with Crippen molar-refractivity contribution >= 4 is 15.9 Å². The molecule has 0 saturated heterocycles. The molecule has 24 heavy (non-hydrogen) atoms. The number of carbonyl (C=O) groups is 1. The van der Waals surface area contributed by atoms with Crippen molar-refractivity contribution < 1.29 is 13.2 Å². The van der Waals surface area contributed by atoms with Gasteiger partial charge in [0, 0.05) is 18.5 Å². The van der Waals surface area contributed by atoms with Crippen LogP contribution in [-0.2, 0) is 27.1 Å². The van der Waals surface area contributed by atoms with E-state index in [9.17, 15) is 13.2 Å². The van der Waals surface area contributed by atoms with E-state index in [1.807, 2.05) is 24.3 Å². The Balaban J connectivity index is 2.01. The van der Waals surface area contributed by atoms with E-state index >= 15 is 0 Å². The molecule has 0 spiro atoms. The second kappa shape index (κ2) is 8.44. The number of nitrogens with one attached hydrogen (secondary N) is 2. The Labute approximate surface area is 144 Å². The summed E-state index contributed by atoms with van der Waals surface area (Å²) in [6, 6.07) is 7.20. The van der Waals surface area contributed by atoms with Gasteiger partial charge in [0.2, 0.25) is 15.9 Å². The van der Waals surface area contributed by atoms with Crippen LogP contribution in [0.3, 0.4) is 0 Å². The third kappa shape index (κ3) is 5.76. The third-order valence-electron chi connectivity index (χ3n) is 3.97. The average Bonchev–Trinajstić information content (AvgIpc) is 2.53. The first-order valence-electron chi connectivity index (χ1n) is 8.37. The van der Waals surface area contributed by atoms with Gasteiger partial charge >= 0.3 is 0 Å². The lowest BCUT2D eigenvalue weighted by molar-refractivity contribution is -0.125. The topological polar surface area (TPSA) is 75.3 Å². The summed E-state index contributed by atoms with van der Waals surface area (Å²) in [5.74, 6) is -0.0190. The molecule has 2 rings (SSSR count). The quantitative estimate of drug-likeness (QED) is 0.742. The van der Waals surface area contributed by atoms with Gasteiger partial charge in [0.1, 0.15) is 0 Å². The summed E-state index contributed by atoms with van der Waals surface area (Å²) in [4.78, 5) is 12.2. The standard InChI is InChI=1S/C18H26N2O3S/c1-14(2)20-24(22,23)13-17-11-7-6-10-16(17)12-19-18(21)15-8-4-3-5-9-15/h3-4,6-7,10-11,14-15,20H,5,8-9,12-13H2,1-2H3,(H,19,21). The van der Waals surface area contributed by atoms with Crippen LogP contribution < -0.4 is 10.0 Å². The van der Waals surface area contributed by atoms with Crippen LogP contribution in [0.2, 0.25) is 0 Å². The highest BCUT2D eigenvalue weighted by molar-refractivity contribution is 7.88. The summed E-state index contributed by atoms with van der Waals surface area (Å²) in [5, 5.41) is 2.95. The lowest BCUT2D eigenvalue weighted by Gasteiger charge is -2.18. The molecule has 1 amide bonds. The number of amides is 1. The van der Waals surface area contributed by atoms with E-state index in [2.05, 4.69) is 16.1 Å². The summed E-state index contributed by atoms with van der Waals surface area (Å²) in [6.07, 6.45) is 6.74. The Hall–Kier alpha value is -1.66. The van der Waals surface area contributed by atoms with Gasteiger partial charge in [0.15, 0.2) is 0 Å². The minimum atomic E-state index is -3.39. The van der Waals surface area contributed by atoms with Crippen molar-refractivity contribution in [2.24, 2.45) is 5.92 Å². The van der Waals surface area contributed by atoms with Crippen molar-refractivity contribution in [2.75, 3.05) is 0 Å². The Morgan fingerprint density at radius 3 is 2.54 bits per heavy atom. The molecule has 1 aliphatic rings. The first kappa shape index (κ1) is 18.7. The number of allylic oxidation sites excluding steroid dienone is 2. The number of hydrogen-bond acceptors (Lipinski definition) is 3. The van der Waals surface area contributed by atoms with E-state index in [-0.39, 0.29) is 23.6 Å². The highest BCUT2D eigenvalue weighted by atomic mass is 32.2. The smallest absolute Gasteiger partial charge is 0.223 e. The van der Waals surface area contributed by atoms with E-state index < -0.39 is 10.0 Å². The minimum absolute atomic E-state index is 0.0218. The van der Waals surface area contributed by atoms with Crippen LogP contribution in [-0.4, -0.2) is 20.4 Å². The summed E-state index contributed by atoms with van der Waals surface area (Å²) < 4.78 is 26.9. The third-order valence-corrected chi connectivity index (χ3v) is 5.49. The van der Waals surface area contributed by atoms with Crippen LogP contribution in [0, 0.1) is 5.92 Å². The average molecular weight is 350 g/mol. The summed E-state index contributed by atoms with van der Waals surface area (Å²) in [7, 11) is -3.39. The van der Waals surface area contributed by atoms with Crippen LogP contribution in [0.1, 0.15) is 44.2 Å². The van der Waals surface area contributed by atoms with Gasteiger partial charge in [0.25, 0.3) is 0 Å². The Bertz CT molecular complexity index is 696. The summed E-state index contributed by atoms with van der Waals surface area (Å²) >= 11 is 0. The molecular weight excluding hydrogens is 324 g/mol. The number of hydrogen-bond donors (Lipinski definition) is 2. The maximum absolute atomic E-state index is 12.2. The molecule has 0 radical (unpaired) electrons. The number of benzene rings is 1. The lowest BCUT2D eigenvalue weighted by Crippen LogP contribution is -2.33. The van der Waals surface area contributed by atoms with Gasteiger partial charge in [-0.2, -0.15) is 0 Å². The number of sulfonamides is 1. The van der Waals surface area contributed by atoms with Crippen molar-refractivity contribution in [3.8, 4) is 0 Å². The molecule has 0 aromatic heterocycles. The van der Waals surface area contributed by atoms with Gasteiger partial charge in [-0.15, -0.1) is 0 Å². The normalized spacial score (nSPS) is 17.9. The van der Waals surface area contributed by atoms with E-state index in [1.54, 1.807) is 19.9 Å². The first-order chi connectivity index (χ1) is 11.4. The first-order valence-corrected chi connectivity index (χ1v) is 10.0. The van der Waals surface area contributed by atoms with Crippen LogP contribution in [0.25, 0.3) is 0 Å². The molecule has 0 heterocycles. The van der Waals surface area contributed by atoms with Crippen molar-refractivity contribution in [3.05, 3.63) is 47.5 Å². The van der Waals surface area contributed by atoms with Crippen LogP contribution in [0.4, 0.5) is 0 Å². The number of carbonyl (C=O) groups excluding carboxylic acids is 1. The van der Waals surface area contributed by atoms with Gasteiger partial charge in [-0.25, -0.2) is 13.1 Å². The molecule has 0 aliphatic heterocycles. The zero-order valence-corrected chi connectivity index (χ0v) is 15.1. The molecule has 1 aromatic carbocycles. The minimum Gasteiger partial charge on any atom is -0.352 e. The van der Waals surface area contributed by atoms with Gasteiger partial charge in [0.05, 0.1) is 5.75 Å². The Morgan fingerprint density at radius 1 is 1.21 bits per heavy atom. The van der Waals surface area contributed by atoms with Crippen molar-refractivity contribution in [3.63, 3.8) is 0 Å². The molecule has 132 valence electrons. The second-order valence-electron chi connectivity index (χ2n) is 6.50. The van der Waals surface area contributed by atoms with E-state index in [0.717, 1.165) is 30.4 Å². The maximum atomic E-state index is 12.2. The van der Waals surface area contributed by atoms with E-state index in [1.165, 1.54) is 0 Å².